The number of halogens is 3. The second kappa shape index (κ2) is 9.09. The second-order valence-corrected chi connectivity index (χ2v) is 8.18. The van der Waals surface area contributed by atoms with Crippen molar-refractivity contribution in [2.45, 2.75) is 25.0 Å². The zero-order chi connectivity index (χ0) is 23.8. The molecule has 0 fully saturated rings. The average molecular weight is 473 g/mol. The van der Waals surface area contributed by atoms with Gasteiger partial charge in [0.15, 0.2) is 23.5 Å². The summed E-state index contributed by atoms with van der Waals surface area (Å²) in [5.74, 6) is -1.66. The van der Waals surface area contributed by atoms with Gasteiger partial charge < -0.3 is 20.9 Å². The first-order chi connectivity index (χ1) is 15.9. The van der Waals surface area contributed by atoms with Crippen molar-refractivity contribution in [1.82, 2.24) is 0 Å². The predicted octanol–water partition coefficient (Wildman–Crippen LogP) is 5.13. The molecule has 5 nitrogen and oxygen atoms in total. The van der Waals surface area contributed by atoms with Crippen LogP contribution in [0.1, 0.15) is 40.9 Å². The predicted molar refractivity (Wildman–Crippen MR) is 123 cm³/mol. The van der Waals surface area contributed by atoms with Crippen LogP contribution in [0.15, 0.2) is 48.5 Å². The van der Waals surface area contributed by atoms with Crippen LogP contribution >= 0.6 is 11.6 Å². The Hall–Kier alpha value is -3.00. The summed E-state index contributed by atoms with van der Waals surface area (Å²) in [6, 6.07) is 12.0. The largest absolute Gasteiger partial charge is 0.491 e. The molecule has 0 saturated carbocycles. The summed E-state index contributed by atoms with van der Waals surface area (Å²) in [7, 11) is 0. The normalized spacial score (nSPS) is 19.2. The van der Waals surface area contributed by atoms with Gasteiger partial charge >= 0.3 is 0 Å². The third-order valence-electron chi connectivity index (χ3n) is 5.87. The molecule has 4 rings (SSSR count). The van der Waals surface area contributed by atoms with Gasteiger partial charge in [-0.15, -0.1) is 0 Å². The van der Waals surface area contributed by atoms with Gasteiger partial charge in [-0.25, -0.2) is 8.78 Å². The highest BCUT2D eigenvalue weighted by Crippen LogP contribution is 2.54. The van der Waals surface area contributed by atoms with Gasteiger partial charge in [0.1, 0.15) is 11.6 Å². The number of carbonyl (C=O) groups excluding carboxylic acids is 1. The molecular weight excluding hydrogens is 450 g/mol. The van der Waals surface area contributed by atoms with Gasteiger partial charge in [-0.3, -0.25) is 4.79 Å². The lowest BCUT2D eigenvalue weighted by Gasteiger charge is -2.32. The van der Waals surface area contributed by atoms with E-state index in [4.69, 9.17) is 32.5 Å². The molecular formula is C25H23ClF2N2O3. The molecule has 0 amide bonds. The minimum Gasteiger partial charge on any atom is -0.491 e. The molecule has 2 atom stereocenters. The number of carbonyl (C=O) groups is 1. The lowest BCUT2D eigenvalue weighted by Crippen LogP contribution is -2.45. The van der Waals surface area contributed by atoms with E-state index in [1.165, 1.54) is 12.1 Å². The molecule has 172 valence electrons. The summed E-state index contributed by atoms with van der Waals surface area (Å²) in [6.07, 6.45) is 1.12. The molecule has 0 bridgehead atoms. The van der Waals surface area contributed by atoms with E-state index in [1.807, 2.05) is 13.0 Å². The second-order valence-electron chi connectivity index (χ2n) is 7.81. The molecule has 0 radical (unpaired) electrons. The van der Waals surface area contributed by atoms with Crippen molar-refractivity contribution < 1.29 is 23.0 Å². The summed E-state index contributed by atoms with van der Waals surface area (Å²) in [5, 5.41) is -0.372. The van der Waals surface area contributed by atoms with Gasteiger partial charge in [0.25, 0.3) is 0 Å². The van der Waals surface area contributed by atoms with Crippen LogP contribution in [0.2, 0.25) is 5.02 Å². The fraction of sp³-hybridized carbons (Fsp3) is 0.240. The summed E-state index contributed by atoms with van der Waals surface area (Å²) in [4.78, 5) is 11.8. The van der Waals surface area contributed by atoms with Crippen LogP contribution in [-0.4, -0.2) is 19.4 Å². The number of benzene rings is 3. The maximum atomic E-state index is 15.7. The molecule has 3 aromatic rings. The average Bonchev–Trinajstić information content (AvgIpc) is 3.12. The molecule has 0 saturated heterocycles. The van der Waals surface area contributed by atoms with E-state index >= 15 is 4.39 Å². The Morgan fingerprint density at radius 3 is 2.55 bits per heavy atom. The number of hydrogen-bond acceptors (Lipinski definition) is 5. The van der Waals surface area contributed by atoms with Crippen molar-refractivity contribution in [3.8, 4) is 22.6 Å². The van der Waals surface area contributed by atoms with E-state index in [-0.39, 0.29) is 51.9 Å². The Morgan fingerprint density at radius 1 is 1.18 bits per heavy atom. The number of ether oxygens (including phenoxy) is 2. The minimum atomic E-state index is -1.23. The molecule has 0 aromatic heterocycles. The first-order valence-corrected chi connectivity index (χ1v) is 10.9. The van der Waals surface area contributed by atoms with Gasteiger partial charge in [-0.05, 0) is 24.1 Å². The van der Waals surface area contributed by atoms with Crippen molar-refractivity contribution in [2.24, 2.45) is 11.5 Å². The third-order valence-corrected chi connectivity index (χ3v) is 6.24. The van der Waals surface area contributed by atoms with E-state index in [9.17, 15) is 9.18 Å². The van der Waals surface area contributed by atoms with Gasteiger partial charge in [0.2, 0.25) is 0 Å². The first kappa shape index (κ1) is 23.2. The molecule has 0 aliphatic carbocycles. The van der Waals surface area contributed by atoms with Crippen LogP contribution < -0.4 is 20.9 Å². The molecule has 1 aliphatic heterocycles. The van der Waals surface area contributed by atoms with Gasteiger partial charge in [-0.1, -0.05) is 48.9 Å². The molecule has 1 aliphatic rings. The zero-order valence-corrected chi connectivity index (χ0v) is 18.7. The maximum absolute atomic E-state index is 15.7. The van der Waals surface area contributed by atoms with E-state index in [1.54, 1.807) is 24.3 Å². The first-order valence-electron chi connectivity index (χ1n) is 10.5. The van der Waals surface area contributed by atoms with Crippen LogP contribution in [0, 0.1) is 11.6 Å². The van der Waals surface area contributed by atoms with Crippen LogP contribution in [-0.2, 0) is 5.60 Å². The number of rotatable bonds is 7. The summed E-state index contributed by atoms with van der Waals surface area (Å²) < 4.78 is 42.3. The summed E-state index contributed by atoms with van der Waals surface area (Å²) in [6.45, 7) is 2.11. The monoisotopic (exact) mass is 472 g/mol. The molecule has 0 unspecified atom stereocenters. The highest BCUT2D eigenvalue weighted by molar-refractivity contribution is 6.34. The minimum absolute atomic E-state index is 0.0248. The van der Waals surface area contributed by atoms with E-state index in [0.717, 1.165) is 6.07 Å². The van der Waals surface area contributed by atoms with Crippen LogP contribution in [0.25, 0.3) is 11.1 Å². The molecule has 4 N–H and O–H groups in total. The topological polar surface area (TPSA) is 87.6 Å². The Kier molecular flexibility index (Phi) is 6.38. The van der Waals surface area contributed by atoms with Gasteiger partial charge in [-0.2, -0.15) is 0 Å². The lowest BCUT2D eigenvalue weighted by molar-refractivity contribution is 0.0762. The Balaban J connectivity index is 2.00. The van der Waals surface area contributed by atoms with Gasteiger partial charge in [0, 0.05) is 34.9 Å². The fourth-order valence-corrected chi connectivity index (χ4v) is 4.49. The summed E-state index contributed by atoms with van der Waals surface area (Å²) >= 11 is 6.38. The van der Waals surface area contributed by atoms with Crippen molar-refractivity contribution in [1.29, 1.82) is 0 Å². The Morgan fingerprint density at radius 2 is 1.91 bits per heavy atom. The Bertz CT molecular complexity index is 1210. The molecule has 1 heterocycles. The Labute approximate surface area is 195 Å². The number of hydrogen-bond donors (Lipinski definition) is 2. The van der Waals surface area contributed by atoms with Gasteiger partial charge in [0.05, 0.1) is 17.7 Å². The van der Waals surface area contributed by atoms with E-state index in [2.05, 4.69) is 0 Å². The molecule has 0 spiro atoms. The highest BCUT2D eigenvalue weighted by atomic mass is 35.5. The van der Waals surface area contributed by atoms with Crippen LogP contribution in [0.3, 0.4) is 0 Å². The quantitative estimate of drug-likeness (QED) is 0.465. The van der Waals surface area contributed by atoms with Crippen molar-refractivity contribution in [2.75, 3.05) is 13.2 Å². The maximum Gasteiger partial charge on any atom is 0.173 e. The fourth-order valence-electron chi connectivity index (χ4n) is 4.24. The molecule has 33 heavy (non-hydrogen) atoms. The third kappa shape index (κ3) is 3.66. The van der Waals surface area contributed by atoms with E-state index < -0.39 is 23.3 Å². The molecule has 8 heteroatoms. The number of aldehydes is 1. The number of nitrogens with two attached hydrogens (primary N) is 2. The standard InChI is InChI=1S/C25H23ClF2N2O3/c1-2-10-32-17-9-8-14(12-31)19(23(17)28)21-20-18(11-16(27)22(21)26)33-25(13-29,24(20)30)15-6-4-3-5-7-15/h3-9,11-12,24H,2,10,13,29-30H2,1H3/t24-,25+/m0/s1. The molecule has 3 aromatic carbocycles. The smallest absolute Gasteiger partial charge is 0.173 e. The zero-order valence-electron chi connectivity index (χ0n) is 17.9. The van der Waals surface area contributed by atoms with Crippen molar-refractivity contribution >= 4 is 17.9 Å². The summed E-state index contributed by atoms with van der Waals surface area (Å²) in [5.41, 5.74) is 12.2. The number of fused-ring (bicyclic) bond motifs is 1. The van der Waals surface area contributed by atoms with E-state index in [0.29, 0.717) is 18.3 Å². The highest BCUT2D eigenvalue weighted by Gasteiger charge is 2.49. The van der Waals surface area contributed by atoms with Crippen LogP contribution in [0.4, 0.5) is 8.78 Å². The lowest BCUT2D eigenvalue weighted by atomic mass is 9.82. The van der Waals surface area contributed by atoms with Crippen LogP contribution in [0.5, 0.6) is 11.5 Å². The SMILES string of the molecule is CCCOc1ccc(C=O)c(-c2c(Cl)c(F)cc3c2[C@H](N)[C@@](CN)(c2ccccc2)O3)c1F. The van der Waals surface area contributed by atoms with Crippen molar-refractivity contribution in [3.05, 3.63) is 81.9 Å². The van der Waals surface area contributed by atoms with Crippen molar-refractivity contribution in [3.63, 3.8) is 0 Å².